The van der Waals surface area contributed by atoms with Crippen molar-refractivity contribution in [2.24, 2.45) is 0 Å². The van der Waals surface area contributed by atoms with E-state index in [1.807, 2.05) is 41.8 Å². The summed E-state index contributed by atoms with van der Waals surface area (Å²) < 4.78 is 6.87. The molecule has 0 saturated heterocycles. The van der Waals surface area contributed by atoms with Gasteiger partial charge in [-0.1, -0.05) is 6.07 Å². The number of nitrogens with one attached hydrogen (secondary N) is 1. The third kappa shape index (κ3) is 3.08. The molecule has 24 heavy (non-hydrogen) atoms. The number of nitrogens with zero attached hydrogens (tertiary/aromatic N) is 3. The van der Waals surface area contributed by atoms with Crippen molar-refractivity contribution in [2.75, 3.05) is 5.32 Å². The first-order valence-electron chi connectivity index (χ1n) is 7.13. The van der Waals surface area contributed by atoms with Crippen molar-refractivity contribution in [3.05, 3.63) is 64.8 Å². The molecule has 0 spiro atoms. The Morgan fingerprint density at radius 1 is 1.00 bits per heavy atom. The zero-order valence-electron chi connectivity index (χ0n) is 12.3. The Morgan fingerprint density at radius 2 is 1.96 bits per heavy atom. The molecule has 0 bridgehead atoms. The van der Waals surface area contributed by atoms with Crippen LogP contribution in [-0.4, -0.2) is 15.0 Å². The van der Waals surface area contributed by atoms with Crippen molar-refractivity contribution in [1.82, 2.24) is 15.0 Å². The van der Waals surface area contributed by atoms with Crippen LogP contribution in [0.4, 0.5) is 10.9 Å². The maximum Gasteiger partial charge on any atom is 0.188 e. The minimum absolute atomic E-state index is 0.667. The molecule has 0 unspecified atom stereocenters. The van der Waals surface area contributed by atoms with Gasteiger partial charge in [0.1, 0.15) is 17.3 Å². The molecule has 1 aromatic carbocycles. The van der Waals surface area contributed by atoms with Crippen molar-refractivity contribution in [1.29, 1.82) is 0 Å². The Labute approximate surface area is 150 Å². The molecule has 3 heterocycles. The normalized spacial score (nSPS) is 10.7. The van der Waals surface area contributed by atoms with Crippen LogP contribution < -0.4 is 10.1 Å². The lowest BCUT2D eigenvalue weighted by Gasteiger charge is -2.11. The smallest absolute Gasteiger partial charge is 0.188 e. The highest BCUT2D eigenvalue weighted by Gasteiger charge is 2.09. The van der Waals surface area contributed by atoms with E-state index in [9.17, 15) is 0 Å². The van der Waals surface area contributed by atoms with Gasteiger partial charge in [0, 0.05) is 35.4 Å². The molecule has 3 aromatic heterocycles. The van der Waals surface area contributed by atoms with Crippen molar-refractivity contribution >= 4 is 49.1 Å². The third-order valence-corrected chi connectivity index (χ3v) is 4.60. The minimum Gasteiger partial charge on any atom is -0.455 e. The van der Waals surface area contributed by atoms with E-state index in [4.69, 9.17) is 4.74 Å². The first-order chi connectivity index (χ1) is 11.8. The molecule has 4 aromatic rings. The Morgan fingerprint density at radius 3 is 2.83 bits per heavy atom. The molecule has 0 aliphatic carbocycles. The van der Waals surface area contributed by atoms with Gasteiger partial charge in [-0.25, -0.2) is 9.97 Å². The fraction of sp³-hybridized carbons (Fsp3) is 0. The van der Waals surface area contributed by atoms with Gasteiger partial charge < -0.3 is 10.1 Å². The third-order valence-electron chi connectivity index (χ3n) is 3.31. The van der Waals surface area contributed by atoms with Crippen LogP contribution in [0.5, 0.6) is 11.5 Å². The second-order valence-electron chi connectivity index (χ2n) is 4.89. The van der Waals surface area contributed by atoms with Gasteiger partial charge in [-0.05, 0) is 40.2 Å². The SMILES string of the molecule is Brc1cnc(Nc2nccs2)cc1Oc1cccc2ncccc12. The number of hydrogen-bond donors (Lipinski definition) is 1. The van der Waals surface area contributed by atoms with E-state index < -0.39 is 0 Å². The van der Waals surface area contributed by atoms with Gasteiger partial charge in [0.15, 0.2) is 5.13 Å². The molecule has 0 radical (unpaired) electrons. The summed E-state index contributed by atoms with van der Waals surface area (Å²) in [6.45, 7) is 0. The second kappa shape index (κ2) is 6.54. The summed E-state index contributed by atoms with van der Waals surface area (Å²) in [6, 6.07) is 11.5. The van der Waals surface area contributed by atoms with Crippen LogP contribution >= 0.6 is 27.3 Å². The van der Waals surface area contributed by atoms with Gasteiger partial charge in [0.05, 0.1) is 9.99 Å². The zero-order valence-corrected chi connectivity index (χ0v) is 14.7. The van der Waals surface area contributed by atoms with E-state index >= 15 is 0 Å². The largest absolute Gasteiger partial charge is 0.455 e. The molecular formula is C17H11BrN4OS. The Hall–Kier alpha value is -2.51. The zero-order chi connectivity index (χ0) is 16.4. The van der Waals surface area contributed by atoms with Gasteiger partial charge >= 0.3 is 0 Å². The molecule has 0 amide bonds. The number of fused-ring (bicyclic) bond motifs is 1. The highest BCUT2D eigenvalue weighted by molar-refractivity contribution is 9.10. The van der Waals surface area contributed by atoms with E-state index in [-0.39, 0.29) is 0 Å². The van der Waals surface area contributed by atoms with Crippen molar-refractivity contribution in [3.63, 3.8) is 0 Å². The van der Waals surface area contributed by atoms with Gasteiger partial charge in [-0.15, -0.1) is 11.3 Å². The molecule has 0 atom stereocenters. The highest BCUT2D eigenvalue weighted by Crippen LogP contribution is 2.34. The van der Waals surface area contributed by atoms with Crippen molar-refractivity contribution < 1.29 is 4.74 Å². The molecule has 0 saturated carbocycles. The second-order valence-corrected chi connectivity index (χ2v) is 6.64. The first kappa shape index (κ1) is 15.0. The molecule has 118 valence electrons. The molecular weight excluding hydrogens is 388 g/mol. The van der Waals surface area contributed by atoms with Crippen molar-refractivity contribution in [2.45, 2.75) is 0 Å². The van der Waals surface area contributed by atoms with Gasteiger partial charge in [-0.3, -0.25) is 4.98 Å². The standard InChI is InChI=1S/C17H11BrN4OS/c18-12-10-21-16(22-17-20-7-8-24-17)9-15(12)23-14-5-1-4-13-11(14)3-2-6-19-13/h1-10H,(H,20,21,22). The minimum atomic E-state index is 0.667. The summed E-state index contributed by atoms with van der Waals surface area (Å²) >= 11 is 5.00. The maximum absolute atomic E-state index is 6.10. The number of hydrogen-bond acceptors (Lipinski definition) is 6. The number of benzene rings is 1. The van der Waals surface area contributed by atoms with Crippen LogP contribution in [-0.2, 0) is 0 Å². The highest BCUT2D eigenvalue weighted by atomic mass is 79.9. The van der Waals surface area contributed by atoms with Gasteiger partial charge in [0.25, 0.3) is 0 Å². The number of pyridine rings is 2. The number of thiazole rings is 1. The Balaban J connectivity index is 1.68. The van der Waals surface area contributed by atoms with E-state index in [2.05, 4.69) is 36.2 Å². The van der Waals surface area contributed by atoms with Gasteiger partial charge in [-0.2, -0.15) is 0 Å². The summed E-state index contributed by atoms with van der Waals surface area (Å²) in [7, 11) is 0. The molecule has 4 rings (SSSR count). The van der Waals surface area contributed by atoms with Crippen molar-refractivity contribution in [3.8, 4) is 11.5 Å². The van der Waals surface area contributed by atoms with Crippen LogP contribution in [0.25, 0.3) is 10.9 Å². The molecule has 0 aliphatic rings. The van der Waals surface area contributed by atoms with E-state index in [0.717, 1.165) is 26.3 Å². The van der Waals surface area contributed by atoms with Crippen LogP contribution in [0.1, 0.15) is 0 Å². The monoisotopic (exact) mass is 398 g/mol. The van der Waals surface area contributed by atoms with Crippen LogP contribution in [0.3, 0.4) is 0 Å². The molecule has 5 nitrogen and oxygen atoms in total. The Bertz CT molecular complexity index is 986. The maximum atomic E-state index is 6.10. The lowest BCUT2D eigenvalue weighted by atomic mass is 10.2. The lowest BCUT2D eigenvalue weighted by molar-refractivity contribution is 0.484. The fourth-order valence-electron chi connectivity index (χ4n) is 2.24. The lowest BCUT2D eigenvalue weighted by Crippen LogP contribution is -1.95. The molecule has 0 fully saturated rings. The average Bonchev–Trinajstić information content (AvgIpc) is 3.11. The number of anilines is 2. The molecule has 0 aliphatic heterocycles. The first-order valence-corrected chi connectivity index (χ1v) is 8.80. The Kier molecular flexibility index (Phi) is 4.10. The van der Waals surface area contributed by atoms with Crippen LogP contribution in [0, 0.1) is 0 Å². The van der Waals surface area contributed by atoms with Crippen LogP contribution in [0.15, 0.2) is 64.8 Å². The molecule has 7 heteroatoms. The summed E-state index contributed by atoms with van der Waals surface area (Å²) in [5.74, 6) is 2.08. The summed E-state index contributed by atoms with van der Waals surface area (Å²) in [5, 5.41) is 6.80. The summed E-state index contributed by atoms with van der Waals surface area (Å²) in [5.41, 5.74) is 0.890. The van der Waals surface area contributed by atoms with E-state index in [0.29, 0.717) is 11.6 Å². The van der Waals surface area contributed by atoms with Gasteiger partial charge in [0.2, 0.25) is 0 Å². The number of rotatable bonds is 4. The topological polar surface area (TPSA) is 59.9 Å². The average molecular weight is 399 g/mol. The summed E-state index contributed by atoms with van der Waals surface area (Å²) in [4.78, 5) is 12.9. The molecule has 1 N–H and O–H groups in total. The number of halogens is 1. The quantitative estimate of drug-likeness (QED) is 0.499. The predicted molar refractivity (Wildman–Crippen MR) is 99.2 cm³/mol. The van der Waals surface area contributed by atoms with Crippen LogP contribution in [0.2, 0.25) is 0 Å². The summed E-state index contributed by atoms with van der Waals surface area (Å²) in [6.07, 6.45) is 5.21. The fourth-order valence-corrected chi connectivity index (χ4v) is 3.08. The number of ether oxygens (including phenoxy) is 1. The van der Waals surface area contributed by atoms with E-state index in [1.54, 1.807) is 18.6 Å². The predicted octanol–water partition coefficient (Wildman–Crippen LogP) is 5.38. The number of aromatic nitrogens is 3. The van der Waals surface area contributed by atoms with E-state index in [1.165, 1.54) is 11.3 Å².